The summed E-state index contributed by atoms with van der Waals surface area (Å²) in [6.07, 6.45) is 6.51. The Bertz CT molecular complexity index is 201. The fourth-order valence-electron chi connectivity index (χ4n) is 3.22. The quantitative estimate of drug-likeness (QED) is 0.725. The first-order valence-corrected chi connectivity index (χ1v) is 6.96. The molecule has 0 radical (unpaired) electrons. The highest BCUT2D eigenvalue weighted by Crippen LogP contribution is 2.38. The van der Waals surface area contributed by atoms with Crippen LogP contribution in [0.25, 0.3) is 0 Å². The van der Waals surface area contributed by atoms with Crippen LogP contribution in [0.15, 0.2) is 0 Å². The molecule has 3 atom stereocenters. The topological polar surface area (TPSA) is 46.2 Å². The van der Waals surface area contributed by atoms with Gasteiger partial charge in [0.25, 0.3) is 0 Å². The maximum Gasteiger partial charge on any atom is 0.0687 e. The molecule has 1 saturated carbocycles. The number of rotatable bonds is 4. The average molecular weight is 227 g/mol. The Balaban J connectivity index is 2.63. The van der Waals surface area contributed by atoms with Crippen molar-refractivity contribution in [2.75, 3.05) is 6.54 Å². The van der Waals surface area contributed by atoms with E-state index in [1.807, 2.05) is 0 Å². The number of hydrogen-bond donors (Lipinski definition) is 2. The van der Waals surface area contributed by atoms with Crippen LogP contribution in [0.2, 0.25) is 0 Å². The number of nitrogens with two attached hydrogens (primary N) is 1. The SMILES string of the molecule is CCC(CN)C1(O)CCCC(C(C)C)CC1. The molecule has 16 heavy (non-hydrogen) atoms. The summed E-state index contributed by atoms with van der Waals surface area (Å²) in [4.78, 5) is 0. The summed E-state index contributed by atoms with van der Waals surface area (Å²) in [6.45, 7) is 7.37. The van der Waals surface area contributed by atoms with Crippen molar-refractivity contribution in [2.24, 2.45) is 23.5 Å². The third-order valence-electron chi connectivity index (χ3n) is 4.61. The molecule has 1 aliphatic rings. The van der Waals surface area contributed by atoms with Crippen LogP contribution in [-0.4, -0.2) is 17.3 Å². The zero-order valence-corrected chi connectivity index (χ0v) is 11.2. The van der Waals surface area contributed by atoms with Gasteiger partial charge in [0.2, 0.25) is 0 Å². The molecule has 0 aromatic heterocycles. The molecule has 0 aliphatic heterocycles. The van der Waals surface area contributed by atoms with Crippen LogP contribution in [0.4, 0.5) is 0 Å². The van der Waals surface area contributed by atoms with Crippen molar-refractivity contribution < 1.29 is 5.11 Å². The summed E-state index contributed by atoms with van der Waals surface area (Å²) in [5, 5.41) is 10.7. The molecule has 1 aliphatic carbocycles. The van der Waals surface area contributed by atoms with Gasteiger partial charge in [0.15, 0.2) is 0 Å². The van der Waals surface area contributed by atoms with Gasteiger partial charge in [-0.1, -0.05) is 33.6 Å². The van der Waals surface area contributed by atoms with Crippen LogP contribution in [0.3, 0.4) is 0 Å². The molecule has 0 amide bonds. The molecule has 3 unspecified atom stereocenters. The highest BCUT2D eigenvalue weighted by molar-refractivity contribution is 4.89. The van der Waals surface area contributed by atoms with Gasteiger partial charge in [-0.2, -0.15) is 0 Å². The van der Waals surface area contributed by atoms with E-state index in [9.17, 15) is 5.11 Å². The van der Waals surface area contributed by atoms with E-state index >= 15 is 0 Å². The summed E-state index contributed by atoms with van der Waals surface area (Å²) >= 11 is 0. The van der Waals surface area contributed by atoms with Gasteiger partial charge < -0.3 is 10.8 Å². The third-order valence-corrected chi connectivity index (χ3v) is 4.61. The monoisotopic (exact) mass is 227 g/mol. The van der Waals surface area contributed by atoms with E-state index in [1.54, 1.807) is 0 Å². The lowest BCUT2D eigenvalue weighted by molar-refractivity contribution is -0.0313. The second kappa shape index (κ2) is 6.02. The van der Waals surface area contributed by atoms with E-state index in [1.165, 1.54) is 12.8 Å². The Hall–Kier alpha value is -0.0800. The normalized spacial score (nSPS) is 33.8. The maximum absolute atomic E-state index is 10.7. The van der Waals surface area contributed by atoms with Gasteiger partial charge in [0.1, 0.15) is 0 Å². The Labute approximate surface area is 101 Å². The smallest absolute Gasteiger partial charge is 0.0687 e. The minimum absolute atomic E-state index is 0.290. The first kappa shape index (κ1) is 14.0. The van der Waals surface area contributed by atoms with E-state index in [0.717, 1.165) is 37.5 Å². The molecular weight excluding hydrogens is 198 g/mol. The van der Waals surface area contributed by atoms with Crippen molar-refractivity contribution in [3.05, 3.63) is 0 Å². The van der Waals surface area contributed by atoms with Gasteiger partial charge in [0, 0.05) is 0 Å². The van der Waals surface area contributed by atoms with Gasteiger partial charge in [-0.15, -0.1) is 0 Å². The molecule has 0 aromatic carbocycles. The average Bonchev–Trinajstić information content (AvgIpc) is 2.43. The van der Waals surface area contributed by atoms with Crippen LogP contribution >= 0.6 is 0 Å². The second-order valence-electron chi connectivity index (χ2n) is 5.88. The van der Waals surface area contributed by atoms with E-state index < -0.39 is 5.60 Å². The Morgan fingerprint density at radius 1 is 1.31 bits per heavy atom. The molecular formula is C14H29NO. The Morgan fingerprint density at radius 3 is 2.50 bits per heavy atom. The van der Waals surface area contributed by atoms with Crippen molar-refractivity contribution in [1.82, 2.24) is 0 Å². The van der Waals surface area contributed by atoms with Gasteiger partial charge in [0.05, 0.1) is 5.60 Å². The van der Waals surface area contributed by atoms with Crippen LogP contribution < -0.4 is 5.73 Å². The number of aliphatic hydroxyl groups is 1. The first-order valence-electron chi connectivity index (χ1n) is 6.96. The first-order chi connectivity index (χ1) is 7.53. The van der Waals surface area contributed by atoms with Gasteiger partial charge in [-0.05, 0) is 50.0 Å². The summed E-state index contributed by atoms with van der Waals surface area (Å²) < 4.78 is 0. The standard InChI is InChI=1S/C14H29NO/c1-4-13(10-15)14(16)8-5-6-12(7-9-14)11(2)3/h11-13,16H,4-10,15H2,1-3H3. The van der Waals surface area contributed by atoms with Crippen molar-refractivity contribution in [2.45, 2.75) is 64.9 Å². The molecule has 1 fully saturated rings. The molecule has 3 N–H and O–H groups in total. The highest BCUT2D eigenvalue weighted by atomic mass is 16.3. The Kier molecular flexibility index (Phi) is 5.26. The van der Waals surface area contributed by atoms with Gasteiger partial charge in [-0.25, -0.2) is 0 Å². The third kappa shape index (κ3) is 3.21. The molecule has 0 spiro atoms. The predicted molar refractivity (Wildman–Crippen MR) is 69.2 cm³/mol. The minimum atomic E-state index is -0.479. The zero-order chi connectivity index (χ0) is 12.2. The van der Waals surface area contributed by atoms with Crippen LogP contribution in [0, 0.1) is 17.8 Å². The van der Waals surface area contributed by atoms with E-state index in [2.05, 4.69) is 20.8 Å². The number of hydrogen-bond acceptors (Lipinski definition) is 2. The maximum atomic E-state index is 10.7. The van der Waals surface area contributed by atoms with E-state index in [-0.39, 0.29) is 0 Å². The van der Waals surface area contributed by atoms with Gasteiger partial charge in [-0.3, -0.25) is 0 Å². The fourth-order valence-corrected chi connectivity index (χ4v) is 3.22. The molecule has 0 heterocycles. The lowest BCUT2D eigenvalue weighted by atomic mass is 9.79. The Morgan fingerprint density at radius 2 is 2.00 bits per heavy atom. The summed E-state index contributed by atoms with van der Waals surface area (Å²) in [6, 6.07) is 0. The summed E-state index contributed by atoms with van der Waals surface area (Å²) in [5.74, 6) is 1.84. The molecule has 2 nitrogen and oxygen atoms in total. The van der Waals surface area contributed by atoms with Gasteiger partial charge >= 0.3 is 0 Å². The summed E-state index contributed by atoms with van der Waals surface area (Å²) in [5.41, 5.74) is 5.31. The largest absolute Gasteiger partial charge is 0.390 e. The molecule has 0 bridgehead atoms. The molecule has 0 aromatic rings. The van der Waals surface area contributed by atoms with Crippen LogP contribution in [0.5, 0.6) is 0 Å². The van der Waals surface area contributed by atoms with E-state index in [0.29, 0.717) is 12.5 Å². The molecule has 0 saturated heterocycles. The molecule has 1 rings (SSSR count). The van der Waals surface area contributed by atoms with Crippen LogP contribution in [-0.2, 0) is 0 Å². The fraction of sp³-hybridized carbons (Fsp3) is 1.00. The summed E-state index contributed by atoms with van der Waals surface area (Å²) in [7, 11) is 0. The highest BCUT2D eigenvalue weighted by Gasteiger charge is 2.37. The molecule has 2 heteroatoms. The lowest BCUT2D eigenvalue weighted by Gasteiger charge is -2.34. The van der Waals surface area contributed by atoms with Crippen molar-refractivity contribution >= 4 is 0 Å². The second-order valence-corrected chi connectivity index (χ2v) is 5.88. The minimum Gasteiger partial charge on any atom is -0.390 e. The van der Waals surface area contributed by atoms with Crippen molar-refractivity contribution in [3.8, 4) is 0 Å². The van der Waals surface area contributed by atoms with Crippen molar-refractivity contribution in [1.29, 1.82) is 0 Å². The predicted octanol–water partition coefficient (Wildman–Crippen LogP) is 2.94. The van der Waals surface area contributed by atoms with E-state index in [4.69, 9.17) is 5.73 Å². The lowest BCUT2D eigenvalue weighted by Crippen LogP contribution is -2.41. The zero-order valence-electron chi connectivity index (χ0n) is 11.2. The van der Waals surface area contributed by atoms with Crippen molar-refractivity contribution in [3.63, 3.8) is 0 Å². The molecule has 96 valence electrons. The van der Waals surface area contributed by atoms with Crippen LogP contribution in [0.1, 0.15) is 59.3 Å².